The molecule has 0 spiro atoms. The molecule has 6 heteroatoms. The van der Waals surface area contributed by atoms with Gasteiger partial charge in [0.15, 0.2) is 0 Å². The van der Waals surface area contributed by atoms with Crippen LogP contribution in [0.25, 0.3) is 0 Å². The minimum absolute atomic E-state index is 0.178. The largest absolute Gasteiger partial charge is 0.394 e. The zero-order valence-corrected chi connectivity index (χ0v) is 9.50. The average Bonchev–Trinajstić information content (AvgIpc) is 2.45. The number of nitrogens with two attached hydrogens (primary N) is 1. The van der Waals surface area contributed by atoms with Crippen LogP contribution in [0, 0.1) is 5.92 Å². The molecule has 3 nitrogen and oxygen atoms in total. The van der Waals surface area contributed by atoms with Crippen molar-refractivity contribution in [3.05, 3.63) is 12.2 Å². The van der Waals surface area contributed by atoms with Crippen LogP contribution in [0.4, 0.5) is 18.0 Å². The Hall–Kier alpha value is -1.20. The van der Waals surface area contributed by atoms with Gasteiger partial charge >= 0.3 is 12.2 Å². The summed E-state index contributed by atoms with van der Waals surface area (Å²) in [4.78, 5) is 12.6. The fraction of sp³-hybridized carbons (Fsp3) is 0.727. The molecule has 0 aromatic heterocycles. The highest BCUT2D eigenvalue weighted by Gasteiger charge is 2.58. The Morgan fingerprint density at radius 1 is 1.59 bits per heavy atom. The third-order valence-corrected chi connectivity index (χ3v) is 3.98. The van der Waals surface area contributed by atoms with Crippen LogP contribution in [0.3, 0.4) is 0 Å². The first-order valence-electron chi connectivity index (χ1n) is 5.62. The Morgan fingerprint density at radius 2 is 2.24 bits per heavy atom. The molecule has 2 bridgehead atoms. The minimum Gasteiger partial charge on any atom is -0.351 e. The quantitative estimate of drug-likeness (QED) is 0.712. The van der Waals surface area contributed by atoms with Gasteiger partial charge in [-0.05, 0) is 19.3 Å². The van der Waals surface area contributed by atoms with Gasteiger partial charge in [-0.15, -0.1) is 0 Å². The van der Waals surface area contributed by atoms with Gasteiger partial charge in [0.25, 0.3) is 0 Å². The summed E-state index contributed by atoms with van der Waals surface area (Å²) in [6, 6.07) is -0.935. The molecular weight excluding hydrogens is 233 g/mol. The van der Waals surface area contributed by atoms with Crippen molar-refractivity contribution in [2.45, 2.75) is 43.9 Å². The highest BCUT2D eigenvalue weighted by Crippen LogP contribution is 2.49. The molecule has 0 aromatic carbocycles. The monoisotopic (exact) mass is 248 g/mol. The maximum Gasteiger partial charge on any atom is 0.394 e. The van der Waals surface area contributed by atoms with Crippen molar-refractivity contribution in [3.8, 4) is 0 Å². The second-order valence-electron chi connectivity index (χ2n) is 4.79. The number of alkyl halides is 3. The molecule has 2 rings (SSSR count). The molecule has 1 saturated heterocycles. The minimum atomic E-state index is -4.33. The van der Waals surface area contributed by atoms with E-state index < -0.39 is 23.7 Å². The standard InChI is InChI=1S/C11H15F3N2O/c1-7(11(12,13)14)10-5-2-3-8(4-6-10)16(10)9(15)17/h2,5,7-8H,3-4,6H2,1H3,(H2,15,17)/t7-,8?,10?/m1/s1. The van der Waals surface area contributed by atoms with E-state index in [2.05, 4.69) is 0 Å². The first kappa shape index (κ1) is 12.3. The second kappa shape index (κ2) is 3.65. The van der Waals surface area contributed by atoms with Crippen molar-refractivity contribution < 1.29 is 18.0 Å². The molecule has 0 aliphatic carbocycles. The molecule has 0 saturated carbocycles. The van der Waals surface area contributed by atoms with Crippen molar-refractivity contribution in [1.82, 2.24) is 4.90 Å². The zero-order chi connectivity index (χ0) is 12.8. The van der Waals surface area contributed by atoms with Crippen LogP contribution in [0.2, 0.25) is 0 Å². The van der Waals surface area contributed by atoms with Crippen molar-refractivity contribution in [2.75, 3.05) is 0 Å². The Kier molecular flexibility index (Phi) is 2.63. The number of nitrogens with zero attached hydrogens (tertiary/aromatic N) is 1. The number of amides is 2. The lowest BCUT2D eigenvalue weighted by atomic mass is 9.81. The molecule has 96 valence electrons. The van der Waals surface area contributed by atoms with Crippen molar-refractivity contribution in [3.63, 3.8) is 0 Å². The van der Waals surface area contributed by atoms with E-state index in [0.29, 0.717) is 19.3 Å². The third kappa shape index (κ3) is 1.70. The average molecular weight is 248 g/mol. The van der Waals surface area contributed by atoms with Crippen LogP contribution in [-0.2, 0) is 0 Å². The van der Waals surface area contributed by atoms with Crippen molar-refractivity contribution in [1.29, 1.82) is 0 Å². The van der Waals surface area contributed by atoms with Gasteiger partial charge < -0.3 is 10.6 Å². The predicted octanol–water partition coefficient (Wildman–Crippen LogP) is 2.43. The van der Waals surface area contributed by atoms with Gasteiger partial charge in [-0.2, -0.15) is 13.2 Å². The van der Waals surface area contributed by atoms with E-state index in [0.717, 1.165) is 6.92 Å². The van der Waals surface area contributed by atoms with Gasteiger partial charge in [-0.3, -0.25) is 0 Å². The van der Waals surface area contributed by atoms with Gasteiger partial charge in [-0.25, -0.2) is 4.79 Å². The summed E-state index contributed by atoms with van der Waals surface area (Å²) in [5, 5.41) is 0. The summed E-state index contributed by atoms with van der Waals surface area (Å²) in [5.41, 5.74) is 3.97. The number of halogens is 3. The zero-order valence-electron chi connectivity index (χ0n) is 9.50. The molecule has 3 atom stereocenters. The molecule has 2 aliphatic rings. The molecule has 2 unspecified atom stereocenters. The molecule has 0 aromatic rings. The number of fused-ring (bicyclic) bond motifs is 2. The van der Waals surface area contributed by atoms with E-state index in [1.54, 1.807) is 6.08 Å². The van der Waals surface area contributed by atoms with Crippen LogP contribution in [0.5, 0.6) is 0 Å². The van der Waals surface area contributed by atoms with Crippen LogP contribution < -0.4 is 5.73 Å². The highest BCUT2D eigenvalue weighted by atomic mass is 19.4. The Labute approximate surface area is 97.4 Å². The topological polar surface area (TPSA) is 46.3 Å². The van der Waals surface area contributed by atoms with Gasteiger partial charge in [0, 0.05) is 6.04 Å². The summed E-state index contributed by atoms with van der Waals surface area (Å²) < 4.78 is 38.7. The molecular formula is C11H15F3N2O. The third-order valence-electron chi connectivity index (χ3n) is 3.98. The summed E-state index contributed by atoms with van der Waals surface area (Å²) in [6.45, 7) is 1.12. The number of rotatable bonds is 1. The lowest BCUT2D eigenvalue weighted by Gasteiger charge is -2.44. The number of carbonyl (C=O) groups is 1. The molecule has 1 fully saturated rings. The fourth-order valence-corrected chi connectivity index (χ4v) is 3.04. The SMILES string of the molecule is C[C@@H](C(F)(F)F)C12C=CCC(CC1)N2C(N)=O. The Balaban J connectivity index is 2.42. The number of primary amides is 1. The Morgan fingerprint density at radius 3 is 2.76 bits per heavy atom. The number of hydrogen-bond acceptors (Lipinski definition) is 1. The van der Waals surface area contributed by atoms with E-state index in [1.165, 1.54) is 11.0 Å². The molecule has 2 heterocycles. The van der Waals surface area contributed by atoms with Crippen LogP contribution >= 0.6 is 0 Å². The first-order chi connectivity index (χ1) is 7.79. The van der Waals surface area contributed by atoms with Crippen LogP contribution in [0.1, 0.15) is 26.2 Å². The first-order valence-corrected chi connectivity index (χ1v) is 5.62. The van der Waals surface area contributed by atoms with Gasteiger partial charge in [-0.1, -0.05) is 19.1 Å². The number of urea groups is 1. The normalized spacial score (nSPS) is 33.9. The van der Waals surface area contributed by atoms with Gasteiger partial charge in [0.1, 0.15) is 0 Å². The smallest absolute Gasteiger partial charge is 0.351 e. The van der Waals surface area contributed by atoms with Crippen molar-refractivity contribution >= 4 is 6.03 Å². The molecule has 17 heavy (non-hydrogen) atoms. The van der Waals surface area contributed by atoms with Gasteiger partial charge in [0.05, 0.1) is 11.5 Å². The molecule has 2 aliphatic heterocycles. The van der Waals surface area contributed by atoms with E-state index in [-0.39, 0.29) is 6.04 Å². The maximum atomic E-state index is 12.9. The van der Waals surface area contributed by atoms with Crippen LogP contribution in [0.15, 0.2) is 12.2 Å². The molecule has 2 N–H and O–H groups in total. The summed E-state index contributed by atoms with van der Waals surface area (Å²) in [6.07, 6.45) is 0.423. The lowest BCUT2D eigenvalue weighted by molar-refractivity contribution is -0.193. The Bertz CT molecular complexity index is 366. The second-order valence-corrected chi connectivity index (χ2v) is 4.79. The number of carbonyl (C=O) groups excluding carboxylic acids is 1. The fourth-order valence-electron chi connectivity index (χ4n) is 3.04. The highest BCUT2D eigenvalue weighted by molar-refractivity contribution is 5.75. The molecule has 2 amide bonds. The van der Waals surface area contributed by atoms with Crippen LogP contribution in [-0.4, -0.2) is 28.7 Å². The van der Waals surface area contributed by atoms with E-state index >= 15 is 0 Å². The summed E-state index contributed by atoms with van der Waals surface area (Å²) in [7, 11) is 0. The predicted molar refractivity (Wildman–Crippen MR) is 56.2 cm³/mol. The maximum absolute atomic E-state index is 12.9. The van der Waals surface area contributed by atoms with E-state index in [9.17, 15) is 18.0 Å². The molecule has 0 radical (unpaired) electrons. The summed E-state index contributed by atoms with van der Waals surface area (Å²) >= 11 is 0. The van der Waals surface area contributed by atoms with Gasteiger partial charge in [0.2, 0.25) is 0 Å². The summed E-state index contributed by atoms with van der Waals surface area (Å²) in [5.74, 6) is -1.59. The number of hydrogen-bond donors (Lipinski definition) is 1. The lowest BCUT2D eigenvalue weighted by Crippen LogP contribution is -2.59. The van der Waals surface area contributed by atoms with Crippen molar-refractivity contribution in [2.24, 2.45) is 11.7 Å². The van der Waals surface area contributed by atoms with E-state index in [1.807, 2.05) is 0 Å². The van der Waals surface area contributed by atoms with E-state index in [4.69, 9.17) is 5.73 Å².